The van der Waals surface area contributed by atoms with Gasteiger partial charge in [0.1, 0.15) is 0 Å². The second-order valence-electron chi connectivity index (χ2n) is 5.89. The fourth-order valence-electron chi connectivity index (χ4n) is 2.79. The molecule has 0 radical (unpaired) electrons. The van der Waals surface area contributed by atoms with Gasteiger partial charge in [0.2, 0.25) is 0 Å². The van der Waals surface area contributed by atoms with E-state index in [-0.39, 0.29) is 5.91 Å². The van der Waals surface area contributed by atoms with Gasteiger partial charge in [0.15, 0.2) is 0 Å². The summed E-state index contributed by atoms with van der Waals surface area (Å²) in [5.74, 6) is 0.684. The zero-order valence-corrected chi connectivity index (χ0v) is 12.9. The summed E-state index contributed by atoms with van der Waals surface area (Å²) >= 11 is 0. The van der Waals surface area contributed by atoms with Gasteiger partial charge in [-0.05, 0) is 45.6 Å². The molecule has 0 aromatic carbocycles. The van der Waals surface area contributed by atoms with Crippen LogP contribution in [0.2, 0.25) is 0 Å². The van der Waals surface area contributed by atoms with Crippen LogP contribution in [0.15, 0.2) is 12.3 Å². The molecule has 1 saturated heterocycles. The van der Waals surface area contributed by atoms with Crippen molar-refractivity contribution in [1.82, 2.24) is 9.88 Å². The van der Waals surface area contributed by atoms with Crippen LogP contribution in [0.25, 0.3) is 0 Å². The Morgan fingerprint density at radius 3 is 2.90 bits per heavy atom. The maximum absolute atomic E-state index is 12.8. The lowest BCUT2D eigenvalue weighted by molar-refractivity contribution is 0.0574. The minimum absolute atomic E-state index is 0.104. The van der Waals surface area contributed by atoms with Gasteiger partial charge in [0, 0.05) is 31.0 Å². The maximum Gasteiger partial charge on any atom is 0.257 e. The summed E-state index contributed by atoms with van der Waals surface area (Å²) in [7, 11) is 0. The first kappa shape index (κ1) is 14.8. The third kappa shape index (κ3) is 3.11. The number of nitrogens with one attached hydrogen (secondary N) is 1. The molecule has 0 saturated carbocycles. The Morgan fingerprint density at radius 2 is 2.20 bits per heavy atom. The van der Waals surface area contributed by atoms with E-state index in [9.17, 15) is 4.79 Å². The molecule has 4 nitrogen and oxygen atoms in total. The number of carbonyl (C=O) groups excluding carboxylic acids is 1. The van der Waals surface area contributed by atoms with E-state index in [0.29, 0.717) is 17.5 Å². The van der Waals surface area contributed by atoms with Gasteiger partial charge in [-0.15, -0.1) is 0 Å². The number of carbonyl (C=O) groups is 1. The Bertz CT molecular complexity index is 487. The molecular weight excluding hydrogens is 250 g/mol. The lowest BCUT2D eigenvalue weighted by Crippen LogP contribution is -2.45. The van der Waals surface area contributed by atoms with E-state index in [1.807, 2.05) is 24.8 Å². The standard InChI is InChI=1S/C16H25N3O/c1-5-17-15-8-12(3)18-9-14(15)16(20)19-10-11(2)6-7-13(19)4/h8-9,11,13H,5-7,10H2,1-4H3,(H,17,18). The molecule has 1 aromatic rings. The SMILES string of the molecule is CCNc1cc(C)ncc1C(=O)N1CC(C)CCC1C. The average Bonchev–Trinajstić information content (AvgIpc) is 2.41. The molecule has 0 spiro atoms. The van der Waals surface area contributed by atoms with Crippen molar-refractivity contribution in [2.75, 3.05) is 18.4 Å². The van der Waals surface area contributed by atoms with E-state index in [0.717, 1.165) is 30.9 Å². The fraction of sp³-hybridized carbons (Fsp3) is 0.625. The Kier molecular flexibility index (Phi) is 4.63. The average molecular weight is 275 g/mol. The van der Waals surface area contributed by atoms with Gasteiger partial charge in [-0.3, -0.25) is 9.78 Å². The Hall–Kier alpha value is -1.58. The summed E-state index contributed by atoms with van der Waals surface area (Å²) in [4.78, 5) is 19.1. The van der Waals surface area contributed by atoms with E-state index >= 15 is 0 Å². The molecule has 0 bridgehead atoms. The van der Waals surface area contributed by atoms with Crippen molar-refractivity contribution < 1.29 is 4.79 Å². The normalized spacial score (nSPS) is 22.7. The molecule has 1 amide bonds. The van der Waals surface area contributed by atoms with Gasteiger partial charge in [-0.1, -0.05) is 6.92 Å². The van der Waals surface area contributed by atoms with Crippen molar-refractivity contribution in [1.29, 1.82) is 0 Å². The number of amides is 1. The second kappa shape index (κ2) is 6.25. The van der Waals surface area contributed by atoms with Gasteiger partial charge in [-0.25, -0.2) is 0 Å². The molecule has 0 aliphatic carbocycles. The summed E-state index contributed by atoms with van der Waals surface area (Å²) in [6, 6.07) is 2.27. The molecule has 2 heterocycles. The number of aryl methyl sites for hydroxylation is 1. The second-order valence-corrected chi connectivity index (χ2v) is 5.89. The summed E-state index contributed by atoms with van der Waals surface area (Å²) in [6.45, 7) is 9.98. The molecule has 1 N–H and O–H groups in total. The van der Waals surface area contributed by atoms with Crippen LogP contribution < -0.4 is 5.32 Å². The molecule has 1 aliphatic heterocycles. The molecule has 4 heteroatoms. The highest BCUT2D eigenvalue weighted by atomic mass is 16.2. The molecule has 1 aliphatic rings. The van der Waals surface area contributed by atoms with E-state index in [4.69, 9.17) is 0 Å². The number of rotatable bonds is 3. The lowest BCUT2D eigenvalue weighted by Gasteiger charge is -2.37. The molecule has 20 heavy (non-hydrogen) atoms. The van der Waals surface area contributed by atoms with Crippen LogP contribution in [0.3, 0.4) is 0 Å². The first-order chi connectivity index (χ1) is 9.52. The molecule has 110 valence electrons. The zero-order valence-electron chi connectivity index (χ0n) is 12.9. The van der Waals surface area contributed by atoms with Crippen molar-refractivity contribution in [3.8, 4) is 0 Å². The number of hydrogen-bond donors (Lipinski definition) is 1. The van der Waals surface area contributed by atoms with E-state index < -0.39 is 0 Å². The summed E-state index contributed by atoms with van der Waals surface area (Å²) < 4.78 is 0. The van der Waals surface area contributed by atoms with Crippen molar-refractivity contribution >= 4 is 11.6 Å². The maximum atomic E-state index is 12.8. The number of pyridine rings is 1. The third-order valence-electron chi connectivity index (χ3n) is 4.02. The van der Waals surface area contributed by atoms with Crippen molar-refractivity contribution in [2.45, 2.75) is 46.6 Å². The first-order valence-electron chi connectivity index (χ1n) is 7.54. The molecule has 2 unspecified atom stereocenters. The number of nitrogens with zero attached hydrogens (tertiary/aromatic N) is 2. The molecule has 2 rings (SSSR count). The topological polar surface area (TPSA) is 45.2 Å². The van der Waals surface area contributed by atoms with Gasteiger partial charge >= 0.3 is 0 Å². The summed E-state index contributed by atoms with van der Waals surface area (Å²) in [6.07, 6.45) is 4.00. The number of hydrogen-bond acceptors (Lipinski definition) is 3. The number of piperidine rings is 1. The van der Waals surface area contributed by atoms with E-state index in [2.05, 4.69) is 24.1 Å². The predicted octanol–water partition coefficient (Wildman–Crippen LogP) is 3.08. The lowest BCUT2D eigenvalue weighted by atomic mass is 9.94. The van der Waals surface area contributed by atoms with Crippen molar-refractivity contribution in [3.63, 3.8) is 0 Å². The van der Waals surface area contributed by atoms with Crippen LogP contribution in [-0.2, 0) is 0 Å². The minimum Gasteiger partial charge on any atom is -0.385 e. The molecule has 2 atom stereocenters. The van der Waals surface area contributed by atoms with Crippen LogP contribution >= 0.6 is 0 Å². The quantitative estimate of drug-likeness (QED) is 0.922. The summed E-state index contributed by atoms with van der Waals surface area (Å²) in [5.41, 5.74) is 2.52. The van der Waals surface area contributed by atoms with Crippen molar-refractivity contribution in [2.24, 2.45) is 5.92 Å². The fourth-order valence-corrected chi connectivity index (χ4v) is 2.79. The molecule has 1 aromatic heterocycles. The third-order valence-corrected chi connectivity index (χ3v) is 4.02. The predicted molar refractivity (Wildman–Crippen MR) is 82.0 cm³/mol. The van der Waals surface area contributed by atoms with Gasteiger partial charge in [-0.2, -0.15) is 0 Å². The Morgan fingerprint density at radius 1 is 1.45 bits per heavy atom. The zero-order chi connectivity index (χ0) is 14.7. The highest BCUT2D eigenvalue weighted by Crippen LogP contribution is 2.25. The van der Waals surface area contributed by atoms with Crippen LogP contribution in [0.1, 0.15) is 49.7 Å². The molecular formula is C16H25N3O. The van der Waals surface area contributed by atoms with E-state index in [1.165, 1.54) is 6.42 Å². The van der Waals surface area contributed by atoms with Gasteiger partial charge in [0.25, 0.3) is 5.91 Å². The number of likely N-dealkylation sites (tertiary alicyclic amines) is 1. The first-order valence-corrected chi connectivity index (χ1v) is 7.54. The minimum atomic E-state index is 0.104. The smallest absolute Gasteiger partial charge is 0.257 e. The largest absolute Gasteiger partial charge is 0.385 e. The van der Waals surface area contributed by atoms with Gasteiger partial charge < -0.3 is 10.2 Å². The Balaban J connectivity index is 2.27. The highest BCUT2D eigenvalue weighted by Gasteiger charge is 2.29. The number of anilines is 1. The van der Waals surface area contributed by atoms with Gasteiger partial charge in [0.05, 0.1) is 11.3 Å². The van der Waals surface area contributed by atoms with Crippen LogP contribution in [0.5, 0.6) is 0 Å². The molecule has 1 fully saturated rings. The van der Waals surface area contributed by atoms with Crippen LogP contribution in [-0.4, -0.2) is 34.9 Å². The highest BCUT2D eigenvalue weighted by molar-refractivity contribution is 5.99. The monoisotopic (exact) mass is 275 g/mol. The van der Waals surface area contributed by atoms with Crippen LogP contribution in [0.4, 0.5) is 5.69 Å². The Labute approximate surface area is 121 Å². The van der Waals surface area contributed by atoms with E-state index in [1.54, 1.807) is 6.20 Å². The summed E-state index contributed by atoms with van der Waals surface area (Å²) in [5, 5.41) is 3.28. The van der Waals surface area contributed by atoms with Crippen LogP contribution in [0, 0.1) is 12.8 Å². The number of aromatic nitrogens is 1. The van der Waals surface area contributed by atoms with Crippen molar-refractivity contribution in [3.05, 3.63) is 23.5 Å².